The van der Waals surface area contributed by atoms with Crippen molar-refractivity contribution in [3.05, 3.63) is 0 Å². The van der Waals surface area contributed by atoms with Gasteiger partial charge in [0.25, 0.3) is 0 Å². The summed E-state index contributed by atoms with van der Waals surface area (Å²) in [5.41, 5.74) is -0.486. The zero-order valence-electron chi connectivity index (χ0n) is 12.6. The molecule has 1 aliphatic heterocycles. The molecule has 0 bridgehead atoms. The smallest absolute Gasteiger partial charge is 0.410 e. The lowest BCUT2D eigenvalue weighted by molar-refractivity contribution is -0.00809. The molecule has 1 N–H and O–H groups in total. The highest BCUT2D eigenvalue weighted by Gasteiger charge is 2.31. The van der Waals surface area contributed by atoms with E-state index in [4.69, 9.17) is 4.74 Å². The van der Waals surface area contributed by atoms with Gasteiger partial charge in [-0.15, -0.1) is 0 Å². The Morgan fingerprint density at radius 3 is 2.33 bits per heavy atom. The molecule has 1 saturated heterocycles. The van der Waals surface area contributed by atoms with E-state index < -0.39 is 5.60 Å². The molecule has 0 saturated carbocycles. The maximum atomic E-state index is 11.9. The Hall–Kier alpha value is -0.810. The predicted octanol–water partition coefficient (Wildman–Crippen LogP) is 1.56. The molecule has 0 aromatic heterocycles. The minimum atomic E-state index is -0.486. The van der Waals surface area contributed by atoms with Crippen molar-refractivity contribution in [3.63, 3.8) is 0 Å². The molecule has 0 aromatic carbocycles. The van der Waals surface area contributed by atoms with Gasteiger partial charge in [0.1, 0.15) is 5.60 Å². The number of piperazine rings is 1. The van der Waals surface area contributed by atoms with Gasteiger partial charge in [-0.1, -0.05) is 13.8 Å². The van der Waals surface area contributed by atoms with Crippen LogP contribution in [0.2, 0.25) is 0 Å². The van der Waals surface area contributed by atoms with Gasteiger partial charge in [0.05, 0.1) is 12.6 Å². The summed E-state index contributed by atoms with van der Waals surface area (Å²) in [4.78, 5) is 15.6. The number of aliphatic hydroxyl groups excluding tert-OH is 1. The molecule has 1 unspecified atom stereocenters. The van der Waals surface area contributed by atoms with Crippen LogP contribution in [-0.2, 0) is 4.74 Å². The average Bonchev–Trinajstić information content (AvgIpc) is 2.29. The molecule has 1 fully saturated rings. The van der Waals surface area contributed by atoms with E-state index in [1.165, 1.54) is 0 Å². The molecule has 1 heterocycles. The third-order valence-electron chi connectivity index (χ3n) is 2.52. The minimum Gasteiger partial charge on any atom is -0.444 e. The third-order valence-corrected chi connectivity index (χ3v) is 2.52. The fourth-order valence-corrected chi connectivity index (χ4v) is 1.73. The summed E-state index contributed by atoms with van der Waals surface area (Å²) in [6, 6.07) is -0.159. The number of carbonyl (C=O) groups is 1. The van der Waals surface area contributed by atoms with Gasteiger partial charge in [-0.05, 0) is 27.8 Å². The lowest BCUT2D eigenvalue weighted by atomic mass is 10.2. The largest absolute Gasteiger partial charge is 0.444 e. The van der Waals surface area contributed by atoms with Gasteiger partial charge in [-0.3, -0.25) is 0 Å². The summed E-state index contributed by atoms with van der Waals surface area (Å²) < 4.78 is 5.30. The number of carbonyl (C=O) groups excluding carboxylic acids is 1. The number of hydrogen-bond donors (Lipinski definition) is 1. The van der Waals surface area contributed by atoms with Crippen molar-refractivity contribution in [2.75, 3.05) is 33.3 Å². The highest BCUT2D eigenvalue weighted by Crippen LogP contribution is 2.14. The summed E-state index contributed by atoms with van der Waals surface area (Å²) in [7, 11) is 1.98. The van der Waals surface area contributed by atoms with Crippen LogP contribution in [0.15, 0.2) is 0 Å². The molecule has 0 aliphatic carbocycles. The lowest BCUT2D eigenvalue weighted by Crippen LogP contribution is -2.56. The molecule has 108 valence electrons. The molecule has 0 aromatic rings. The van der Waals surface area contributed by atoms with E-state index in [9.17, 15) is 9.90 Å². The second-order valence-corrected chi connectivity index (χ2v) is 5.27. The molecule has 0 spiro atoms. The monoisotopic (exact) mass is 260 g/mol. The standard InChI is InChI=1S/C11H22N2O3.C2H6/c1-11(2,3)16-10(15)13-6-5-12(4)7-9(13)8-14;1-2/h9,14H,5-8H2,1-4H3;1-2H3. The van der Waals surface area contributed by atoms with Crippen LogP contribution in [0.25, 0.3) is 0 Å². The maximum absolute atomic E-state index is 11.9. The molecular weight excluding hydrogens is 232 g/mol. The van der Waals surface area contributed by atoms with E-state index in [-0.39, 0.29) is 18.7 Å². The van der Waals surface area contributed by atoms with E-state index in [1.54, 1.807) is 4.90 Å². The fraction of sp³-hybridized carbons (Fsp3) is 0.923. The van der Waals surface area contributed by atoms with E-state index in [0.717, 1.165) is 6.54 Å². The van der Waals surface area contributed by atoms with Gasteiger partial charge >= 0.3 is 6.09 Å². The third kappa shape index (κ3) is 5.69. The second kappa shape index (κ2) is 7.59. The summed E-state index contributed by atoms with van der Waals surface area (Å²) in [6.07, 6.45) is -0.334. The van der Waals surface area contributed by atoms with Crippen LogP contribution >= 0.6 is 0 Å². The first-order valence-electron chi connectivity index (χ1n) is 6.62. The lowest BCUT2D eigenvalue weighted by Gasteiger charge is -2.39. The molecule has 5 nitrogen and oxygen atoms in total. The van der Waals surface area contributed by atoms with Crippen molar-refractivity contribution in [1.82, 2.24) is 9.80 Å². The summed E-state index contributed by atoms with van der Waals surface area (Å²) in [6.45, 7) is 11.6. The number of rotatable bonds is 1. The maximum Gasteiger partial charge on any atom is 0.410 e. The van der Waals surface area contributed by atoms with Gasteiger partial charge in [-0.25, -0.2) is 4.79 Å². The summed E-state index contributed by atoms with van der Waals surface area (Å²) in [5, 5.41) is 9.25. The Morgan fingerprint density at radius 2 is 1.89 bits per heavy atom. The summed E-state index contributed by atoms with van der Waals surface area (Å²) >= 11 is 0. The normalized spacial score (nSPS) is 21.1. The molecular formula is C13H28N2O3. The molecule has 18 heavy (non-hydrogen) atoms. The quantitative estimate of drug-likeness (QED) is 0.777. The number of aliphatic hydroxyl groups is 1. The van der Waals surface area contributed by atoms with Gasteiger partial charge in [0, 0.05) is 19.6 Å². The zero-order valence-corrected chi connectivity index (χ0v) is 12.6. The Kier molecular flexibility index (Phi) is 7.25. The van der Waals surface area contributed by atoms with Crippen molar-refractivity contribution in [2.24, 2.45) is 0 Å². The van der Waals surface area contributed by atoms with Crippen molar-refractivity contribution < 1.29 is 14.6 Å². The molecule has 1 rings (SSSR count). The summed E-state index contributed by atoms with van der Waals surface area (Å²) in [5.74, 6) is 0. The van der Waals surface area contributed by atoms with Crippen LogP contribution in [0.5, 0.6) is 0 Å². The van der Waals surface area contributed by atoms with E-state index in [1.807, 2.05) is 41.7 Å². The number of ether oxygens (including phenoxy) is 1. The van der Waals surface area contributed by atoms with Gasteiger partial charge in [0.15, 0.2) is 0 Å². The van der Waals surface area contributed by atoms with Crippen molar-refractivity contribution in [2.45, 2.75) is 46.3 Å². The van der Waals surface area contributed by atoms with Crippen molar-refractivity contribution in [1.29, 1.82) is 0 Å². The van der Waals surface area contributed by atoms with Crippen molar-refractivity contribution in [3.8, 4) is 0 Å². The first-order valence-corrected chi connectivity index (χ1v) is 6.62. The van der Waals surface area contributed by atoms with Gasteiger partial charge in [-0.2, -0.15) is 0 Å². The number of amides is 1. The number of nitrogens with zero attached hydrogens (tertiary/aromatic N) is 2. The van der Waals surface area contributed by atoms with Crippen LogP contribution in [-0.4, -0.2) is 65.9 Å². The zero-order chi connectivity index (χ0) is 14.3. The SMILES string of the molecule is CC.CN1CCN(C(=O)OC(C)(C)C)C(CO)C1. The van der Waals surface area contributed by atoms with Crippen LogP contribution in [0.4, 0.5) is 4.79 Å². The van der Waals surface area contributed by atoms with Crippen LogP contribution in [0, 0.1) is 0 Å². The topological polar surface area (TPSA) is 53.0 Å². The fourth-order valence-electron chi connectivity index (χ4n) is 1.73. The Morgan fingerprint density at radius 1 is 1.33 bits per heavy atom. The van der Waals surface area contributed by atoms with Crippen molar-refractivity contribution >= 4 is 6.09 Å². The minimum absolute atomic E-state index is 0.0242. The Bertz CT molecular complexity index is 251. The molecule has 5 heteroatoms. The first-order chi connectivity index (χ1) is 8.33. The Labute approximate surface area is 111 Å². The molecule has 0 radical (unpaired) electrons. The van der Waals surface area contributed by atoms with Gasteiger partial charge in [0.2, 0.25) is 0 Å². The molecule has 1 atom stereocenters. The van der Waals surface area contributed by atoms with Gasteiger partial charge < -0.3 is 19.6 Å². The van der Waals surface area contributed by atoms with Crippen LogP contribution in [0.3, 0.4) is 0 Å². The molecule has 1 amide bonds. The van der Waals surface area contributed by atoms with E-state index >= 15 is 0 Å². The molecule has 1 aliphatic rings. The van der Waals surface area contributed by atoms with E-state index in [2.05, 4.69) is 4.90 Å². The van der Waals surface area contributed by atoms with Crippen LogP contribution < -0.4 is 0 Å². The highest BCUT2D eigenvalue weighted by molar-refractivity contribution is 5.68. The highest BCUT2D eigenvalue weighted by atomic mass is 16.6. The predicted molar refractivity (Wildman–Crippen MR) is 72.7 cm³/mol. The number of hydrogen-bond acceptors (Lipinski definition) is 4. The van der Waals surface area contributed by atoms with Crippen LogP contribution in [0.1, 0.15) is 34.6 Å². The number of likely N-dealkylation sites (N-methyl/N-ethyl adjacent to an activating group) is 1. The average molecular weight is 260 g/mol. The second-order valence-electron chi connectivity index (χ2n) is 5.27. The van der Waals surface area contributed by atoms with E-state index in [0.29, 0.717) is 13.1 Å². The Balaban J connectivity index is 0.00000137. The first kappa shape index (κ1) is 17.2.